The van der Waals surface area contributed by atoms with E-state index in [-0.39, 0.29) is 4.21 Å². The Morgan fingerprint density at radius 2 is 1.83 bits per heavy atom. The van der Waals surface area contributed by atoms with Gasteiger partial charge in [-0.3, -0.25) is 4.98 Å². The highest BCUT2D eigenvalue weighted by molar-refractivity contribution is 7.93. The van der Waals surface area contributed by atoms with E-state index in [9.17, 15) is 14.1 Å². The van der Waals surface area contributed by atoms with Gasteiger partial charge in [-0.25, -0.2) is 14.1 Å². The summed E-state index contributed by atoms with van der Waals surface area (Å²) in [6.07, 6.45) is 3.72. The summed E-state index contributed by atoms with van der Waals surface area (Å²) in [6.45, 7) is 7.58. The Bertz CT molecular complexity index is 1100. The van der Waals surface area contributed by atoms with Crippen molar-refractivity contribution in [3.63, 3.8) is 0 Å². The van der Waals surface area contributed by atoms with Crippen LogP contribution in [0.2, 0.25) is 0 Å². The quantitative estimate of drug-likeness (QED) is 0.645. The van der Waals surface area contributed by atoms with Gasteiger partial charge in [0, 0.05) is 11.4 Å². The molecule has 0 radical (unpaired) electrons. The number of pyridine rings is 1. The first kappa shape index (κ1) is 21.4. The Balaban J connectivity index is 1.68. The number of carbonyl (C=O) groups excluding carboxylic acids is 1. The standard InChI is InChI=1S/C21H28N4O3S2/c1-11-5-7-14-17(11)23-18-12(2)6-8-15(18)19(14)24-20(26)25-30(22,28)16-9-13(10-29-16)21(3,4)27/h9-12,27H,5-8H2,1-4H3,(H3,22,23,24,25,26,28). The van der Waals surface area contributed by atoms with E-state index in [4.69, 9.17) is 10.1 Å². The lowest BCUT2D eigenvalue weighted by atomic mass is 10.0. The van der Waals surface area contributed by atoms with Gasteiger partial charge in [-0.05, 0) is 79.5 Å². The number of nitrogens with two attached hydrogens (primary N) is 1. The van der Waals surface area contributed by atoms with Gasteiger partial charge in [-0.15, -0.1) is 15.7 Å². The molecule has 0 aromatic carbocycles. The first-order valence-corrected chi connectivity index (χ1v) is 12.7. The highest BCUT2D eigenvalue weighted by Crippen LogP contribution is 2.44. The number of anilines is 1. The number of nitrogens with one attached hydrogen (secondary N) is 1. The van der Waals surface area contributed by atoms with E-state index in [2.05, 4.69) is 23.5 Å². The van der Waals surface area contributed by atoms with Crippen molar-refractivity contribution < 1.29 is 14.1 Å². The fraction of sp³-hybridized carbons (Fsp3) is 0.524. The smallest absolute Gasteiger partial charge is 0.354 e. The summed E-state index contributed by atoms with van der Waals surface area (Å²) in [5.74, 6) is 0.714. The van der Waals surface area contributed by atoms with E-state index in [1.807, 2.05) is 0 Å². The molecule has 7 nitrogen and oxygen atoms in total. The van der Waals surface area contributed by atoms with Crippen LogP contribution in [0.1, 0.15) is 80.5 Å². The largest absolute Gasteiger partial charge is 0.386 e. The zero-order valence-electron chi connectivity index (χ0n) is 17.7. The number of rotatable bonds is 3. The van der Waals surface area contributed by atoms with Gasteiger partial charge in [0.05, 0.1) is 11.3 Å². The maximum atomic E-state index is 13.0. The third kappa shape index (κ3) is 3.79. The molecule has 3 unspecified atom stereocenters. The molecule has 0 fully saturated rings. The van der Waals surface area contributed by atoms with Crippen molar-refractivity contribution in [3.8, 4) is 0 Å². The van der Waals surface area contributed by atoms with Gasteiger partial charge in [-0.1, -0.05) is 13.8 Å². The van der Waals surface area contributed by atoms with Crippen LogP contribution < -0.4 is 10.5 Å². The van der Waals surface area contributed by atoms with Crippen LogP contribution in [0.5, 0.6) is 0 Å². The molecule has 2 aliphatic carbocycles. The number of nitrogens with zero attached hydrogens (tertiary/aromatic N) is 2. The normalized spacial score (nSPS) is 22.3. The SMILES string of the molecule is CC1CCc2c1nc1c(c2NC(=O)N=S(N)(=O)c2cc(C(C)(C)O)cs2)CCC1C. The average molecular weight is 449 g/mol. The lowest BCUT2D eigenvalue weighted by molar-refractivity contribution is 0.0789. The molecule has 0 aliphatic heterocycles. The van der Waals surface area contributed by atoms with E-state index < -0.39 is 21.5 Å². The van der Waals surface area contributed by atoms with Crippen molar-refractivity contribution in [2.24, 2.45) is 9.50 Å². The van der Waals surface area contributed by atoms with E-state index in [1.165, 1.54) is 0 Å². The topological polar surface area (TPSA) is 118 Å². The van der Waals surface area contributed by atoms with Gasteiger partial charge in [0.15, 0.2) is 9.92 Å². The van der Waals surface area contributed by atoms with Crippen LogP contribution in [0.15, 0.2) is 20.0 Å². The third-order valence-corrected chi connectivity index (χ3v) is 8.93. The summed E-state index contributed by atoms with van der Waals surface area (Å²) in [7, 11) is -3.41. The van der Waals surface area contributed by atoms with Crippen LogP contribution in [0, 0.1) is 0 Å². The summed E-state index contributed by atoms with van der Waals surface area (Å²) in [5.41, 5.74) is 4.54. The summed E-state index contributed by atoms with van der Waals surface area (Å²) in [6, 6.07) is 0.838. The van der Waals surface area contributed by atoms with Crippen LogP contribution in [-0.2, 0) is 28.4 Å². The lowest BCUT2D eigenvalue weighted by Gasteiger charge is -2.16. The number of thiophene rings is 1. The third-order valence-electron chi connectivity index (χ3n) is 6.07. The molecule has 2 aromatic rings. The Labute approximate surface area is 181 Å². The molecule has 0 spiro atoms. The maximum Gasteiger partial charge on any atom is 0.354 e. The second-order valence-corrected chi connectivity index (χ2v) is 11.8. The molecule has 4 rings (SSSR count). The molecule has 3 atom stereocenters. The summed E-state index contributed by atoms with van der Waals surface area (Å²) in [4.78, 5) is 17.7. The second kappa shape index (κ2) is 7.40. The number of hydrogen-bond acceptors (Lipinski definition) is 5. The Morgan fingerprint density at radius 3 is 2.33 bits per heavy atom. The highest BCUT2D eigenvalue weighted by Gasteiger charge is 2.32. The molecule has 2 aromatic heterocycles. The van der Waals surface area contributed by atoms with Crippen molar-refractivity contribution in [1.82, 2.24) is 4.98 Å². The number of amides is 2. The predicted molar refractivity (Wildman–Crippen MR) is 119 cm³/mol. The van der Waals surface area contributed by atoms with Gasteiger partial charge in [0.2, 0.25) is 0 Å². The molecule has 0 saturated carbocycles. The van der Waals surface area contributed by atoms with Crippen LogP contribution in [0.25, 0.3) is 0 Å². The van der Waals surface area contributed by atoms with Crippen LogP contribution in [-0.4, -0.2) is 20.3 Å². The molecule has 0 bridgehead atoms. The molecule has 2 aliphatic rings. The molecule has 30 heavy (non-hydrogen) atoms. The monoisotopic (exact) mass is 448 g/mol. The Morgan fingerprint density at radius 1 is 1.27 bits per heavy atom. The van der Waals surface area contributed by atoms with Crippen molar-refractivity contribution in [2.75, 3.05) is 5.32 Å². The number of carbonyl (C=O) groups is 1. The minimum absolute atomic E-state index is 0.266. The molecular formula is C21H28N4O3S2. The predicted octanol–water partition coefficient (Wildman–Crippen LogP) is 4.40. The first-order valence-electron chi connectivity index (χ1n) is 10.2. The van der Waals surface area contributed by atoms with E-state index in [1.54, 1.807) is 25.3 Å². The summed E-state index contributed by atoms with van der Waals surface area (Å²) in [5, 5.41) is 20.6. The average Bonchev–Trinajstić information content (AvgIpc) is 3.35. The molecule has 2 heterocycles. The molecule has 162 valence electrons. The van der Waals surface area contributed by atoms with Crippen molar-refractivity contribution in [3.05, 3.63) is 39.5 Å². The van der Waals surface area contributed by atoms with Gasteiger partial charge < -0.3 is 10.4 Å². The first-order chi connectivity index (χ1) is 14.0. The van der Waals surface area contributed by atoms with Crippen molar-refractivity contribution >= 4 is 33.0 Å². The Kier molecular flexibility index (Phi) is 5.29. The minimum atomic E-state index is -3.41. The fourth-order valence-corrected chi connectivity index (χ4v) is 6.54. The number of fused-ring (bicyclic) bond motifs is 2. The molecule has 2 amide bonds. The van der Waals surface area contributed by atoms with Gasteiger partial charge in [-0.2, -0.15) is 0 Å². The van der Waals surface area contributed by atoms with Crippen LogP contribution in [0.4, 0.5) is 10.5 Å². The van der Waals surface area contributed by atoms with Crippen molar-refractivity contribution in [1.29, 1.82) is 0 Å². The zero-order chi connectivity index (χ0) is 21.8. The molecule has 4 N–H and O–H groups in total. The van der Waals surface area contributed by atoms with Crippen LogP contribution >= 0.6 is 11.3 Å². The summed E-state index contributed by atoms with van der Waals surface area (Å²) >= 11 is 1.13. The second-order valence-electron chi connectivity index (χ2n) is 8.90. The minimum Gasteiger partial charge on any atom is -0.386 e. The highest BCUT2D eigenvalue weighted by atomic mass is 32.2. The van der Waals surface area contributed by atoms with Crippen molar-refractivity contribution in [2.45, 2.75) is 75.0 Å². The van der Waals surface area contributed by atoms with Crippen LogP contribution in [0.3, 0.4) is 0 Å². The lowest BCUT2D eigenvalue weighted by Crippen LogP contribution is -2.19. The van der Waals surface area contributed by atoms with E-state index >= 15 is 0 Å². The number of urea groups is 1. The molecular weight excluding hydrogens is 420 g/mol. The summed E-state index contributed by atoms with van der Waals surface area (Å²) < 4.78 is 17.1. The van der Waals surface area contributed by atoms with Gasteiger partial charge in [0.1, 0.15) is 4.21 Å². The molecule has 0 saturated heterocycles. The Hall–Kier alpha value is -1.81. The maximum absolute atomic E-state index is 13.0. The fourth-order valence-electron chi connectivity index (χ4n) is 4.26. The number of aromatic nitrogens is 1. The van der Waals surface area contributed by atoms with E-state index in [0.717, 1.165) is 65.2 Å². The zero-order valence-corrected chi connectivity index (χ0v) is 19.3. The van der Waals surface area contributed by atoms with Gasteiger partial charge >= 0.3 is 6.03 Å². The van der Waals surface area contributed by atoms with E-state index in [0.29, 0.717) is 17.4 Å². The number of hydrogen-bond donors (Lipinski definition) is 3. The molecule has 9 heteroatoms. The number of aliphatic hydroxyl groups is 1. The van der Waals surface area contributed by atoms with Gasteiger partial charge in [0.25, 0.3) is 0 Å².